The van der Waals surface area contributed by atoms with Crippen molar-refractivity contribution >= 4 is 38.8 Å². The molecule has 0 spiro atoms. The molecule has 0 aromatic rings. The van der Waals surface area contributed by atoms with Crippen LogP contribution in [0.3, 0.4) is 0 Å². The summed E-state index contributed by atoms with van der Waals surface area (Å²) in [7, 11) is 0. The Balaban J connectivity index is 2.44. The molecule has 102 valence electrons. The van der Waals surface area contributed by atoms with Crippen LogP contribution in [-0.4, -0.2) is 34.4 Å². The van der Waals surface area contributed by atoms with Gasteiger partial charge >= 0.3 is 0 Å². The van der Waals surface area contributed by atoms with Crippen molar-refractivity contribution in [1.82, 2.24) is 16.0 Å². The minimum absolute atomic E-state index is 0.0181. The van der Waals surface area contributed by atoms with E-state index in [-0.39, 0.29) is 21.3 Å². The third-order valence-electron chi connectivity index (χ3n) is 3.01. The summed E-state index contributed by atoms with van der Waals surface area (Å²) < 4.78 is -0.120. The molecule has 0 aromatic carbocycles. The van der Waals surface area contributed by atoms with Gasteiger partial charge in [0.15, 0.2) is 0 Å². The van der Waals surface area contributed by atoms with Gasteiger partial charge in [0.05, 0.1) is 5.54 Å². The molecular formula is C11H18IN3O3. The van der Waals surface area contributed by atoms with Gasteiger partial charge in [-0.3, -0.25) is 14.4 Å². The van der Waals surface area contributed by atoms with Crippen molar-refractivity contribution in [3.63, 3.8) is 0 Å². The highest BCUT2D eigenvalue weighted by Gasteiger charge is 2.44. The lowest BCUT2D eigenvalue weighted by Crippen LogP contribution is -2.51. The number of hydrogen-bond acceptors (Lipinski definition) is 3. The van der Waals surface area contributed by atoms with E-state index in [4.69, 9.17) is 0 Å². The van der Waals surface area contributed by atoms with Gasteiger partial charge in [-0.15, -0.1) is 0 Å². The van der Waals surface area contributed by atoms with E-state index in [1.807, 2.05) is 13.8 Å². The van der Waals surface area contributed by atoms with Gasteiger partial charge < -0.3 is 16.0 Å². The van der Waals surface area contributed by atoms with Gasteiger partial charge in [-0.05, 0) is 18.8 Å². The van der Waals surface area contributed by atoms with Gasteiger partial charge in [0.1, 0.15) is 6.04 Å². The first-order valence-corrected chi connectivity index (χ1v) is 6.93. The maximum absolute atomic E-state index is 11.9. The van der Waals surface area contributed by atoms with E-state index < -0.39 is 6.04 Å². The molecule has 0 saturated heterocycles. The highest BCUT2D eigenvalue weighted by molar-refractivity contribution is 14.1. The molecule has 0 aliphatic heterocycles. The van der Waals surface area contributed by atoms with E-state index in [0.717, 1.165) is 12.8 Å². The second-order valence-corrected chi connectivity index (χ2v) is 5.88. The van der Waals surface area contributed by atoms with E-state index in [0.29, 0.717) is 13.0 Å². The van der Waals surface area contributed by atoms with Crippen LogP contribution in [0, 0.1) is 5.92 Å². The van der Waals surface area contributed by atoms with Crippen molar-refractivity contribution in [2.75, 3.05) is 6.54 Å². The molecule has 3 N–H and O–H groups in total. The maximum Gasteiger partial charge on any atom is 0.281 e. The van der Waals surface area contributed by atoms with Crippen molar-refractivity contribution in [2.24, 2.45) is 5.92 Å². The summed E-state index contributed by atoms with van der Waals surface area (Å²) in [5.74, 6) is -0.199. The molecule has 18 heavy (non-hydrogen) atoms. The monoisotopic (exact) mass is 367 g/mol. The summed E-state index contributed by atoms with van der Waals surface area (Å²) in [6.07, 6.45) is 2.27. The smallest absolute Gasteiger partial charge is 0.281 e. The van der Waals surface area contributed by atoms with Crippen LogP contribution in [0.1, 0.15) is 26.7 Å². The van der Waals surface area contributed by atoms with E-state index in [9.17, 15) is 14.4 Å². The van der Waals surface area contributed by atoms with Crippen molar-refractivity contribution in [3.8, 4) is 0 Å². The second-order valence-electron chi connectivity index (χ2n) is 4.90. The average molecular weight is 367 g/mol. The Hall–Kier alpha value is -0.860. The first-order chi connectivity index (χ1) is 8.40. The first-order valence-electron chi connectivity index (χ1n) is 5.85. The van der Waals surface area contributed by atoms with Gasteiger partial charge in [0, 0.05) is 29.1 Å². The largest absolute Gasteiger partial charge is 0.352 e. The molecule has 1 rings (SSSR count). The SMILES string of the molecule is CC(C)[C@H](NC=O)C(=O)NCC1(NC(=O)I)CC1. The van der Waals surface area contributed by atoms with Crippen LogP contribution in [-0.2, 0) is 9.59 Å². The Bertz CT molecular complexity index is 342. The zero-order chi connectivity index (χ0) is 13.8. The molecule has 1 aliphatic rings. The van der Waals surface area contributed by atoms with Gasteiger partial charge in [-0.1, -0.05) is 13.8 Å². The quantitative estimate of drug-likeness (QED) is 0.266. The van der Waals surface area contributed by atoms with Crippen molar-refractivity contribution in [2.45, 2.75) is 38.3 Å². The van der Waals surface area contributed by atoms with Gasteiger partial charge in [0.2, 0.25) is 12.3 Å². The third kappa shape index (κ3) is 4.43. The molecule has 3 amide bonds. The van der Waals surface area contributed by atoms with Crippen molar-refractivity contribution in [1.29, 1.82) is 0 Å². The minimum Gasteiger partial charge on any atom is -0.352 e. The summed E-state index contributed by atoms with van der Waals surface area (Å²) in [4.78, 5) is 33.3. The number of hydrogen-bond donors (Lipinski definition) is 3. The van der Waals surface area contributed by atoms with E-state index in [1.54, 1.807) is 22.6 Å². The molecular weight excluding hydrogens is 349 g/mol. The number of halogens is 1. The van der Waals surface area contributed by atoms with Crippen LogP contribution in [0.15, 0.2) is 0 Å². The Labute approximate surface area is 120 Å². The van der Waals surface area contributed by atoms with E-state index in [2.05, 4.69) is 16.0 Å². The Morgan fingerprint density at radius 1 is 1.39 bits per heavy atom. The predicted octanol–water partition coefficient (Wildman–Crippen LogP) is 0.550. The normalized spacial score (nSPS) is 17.8. The van der Waals surface area contributed by atoms with Crippen LogP contribution in [0.4, 0.5) is 4.79 Å². The molecule has 0 unspecified atom stereocenters. The van der Waals surface area contributed by atoms with Crippen molar-refractivity contribution < 1.29 is 14.4 Å². The topological polar surface area (TPSA) is 87.3 Å². The summed E-state index contributed by atoms with van der Waals surface area (Å²) in [6, 6.07) is -0.534. The summed E-state index contributed by atoms with van der Waals surface area (Å²) in [5, 5.41) is 8.11. The molecule has 0 heterocycles. The predicted molar refractivity (Wildman–Crippen MR) is 75.4 cm³/mol. The number of carbonyl (C=O) groups excluding carboxylic acids is 3. The van der Waals surface area contributed by atoms with Gasteiger partial charge in [-0.25, -0.2) is 0 Å². The van der Waals surface area contributed by atoms with Crippen LogP contribution in [0.5, 0.6) is 0 Å². The zero-order valence-corrected chi connectivity index (χ0v) is 12.6. The number of nitrogens with one attached hydrogen (secondary N) is 3. The summed E-state index contributed by atoms with van der Waals surface area (Å²) in [6.45, 7) is 4.13. The fraction of sp³-hybridized carbons (Fsp3) is 0.727. The molecule has 1 saturated carbocycles. The van der Waals surface area contributed by atoms with Crippen LogP contribution in [0.2, 0.25) is 0 Å². The molecule has 0 radical (unpaired) electrons. The number of amides is 3. The molecule has 7 heteroatoms. The lowest BCUT2D eigenvalue weighted by atomic mass is 10.0. The molecule has 6 nitrogen and oxygen atoms in total. The Kier molecular flexibility index (Phi) is 5.36. The minimum atomic E-state index is -0.534. The lowest BCUT2D eigenvalue weighted by Gasteiger charge is -2.22. The molecule has 1 aliphatic carbocycles. The zero-order valence-electron chi connectivity index (χ0n) is 10.5. The first kappa shape index (κ1) is 15.2. The number of rotatable bonds is 7. The third-order valence-corrected chi connectivity index (χ3v) is 3.28. The molecule has 0 bridgehead atoms. The van der Waals surface area contributed by atoms with E-state index in [1.165, 1.54) is 0 Å². The average Bonchev–Trinajstić information content (AvgIpc) is 3.01. The Morgan fingerprint density at radius 3 is 2.39 bits per heavy atom. The molecule has 1 fully saturated rings. The van der Waals surface area contributed by atoms with Crippen molar-refractivity contribution in [3.05, 3.63) is 0 Å². The van der Waals surface area contributed by atoms with Crippen LogP contribution < -0.4 is 16.0 Å². The highest BCUT2D eigenvalue weighted by atomic mass is 127. The Morgan fingerprint density at radius 2 is 2.00 bits per heavy atom. The van der Waals surface area contributed by atoms with Gasteiger partial charge in [0.25, 0.3) is 3.91 Å². The molecule has 0 aromatic heterocycles. The highest BCUT2D eigenvalue weighted by Crippen LogP contribution is 2.35. The maximum atomic E-state index is 11.9. The summed E-state index contributed by atoms with van der Waals surface area (Å²) >= 11 is 1.68. The standard InChI is InChI=1S/C11H18IN3O3/c1-7(2)8(14-6-16)9(17)13-5-11(3-4-11)15-10(12)18/h6-8H,3-5H2,1-2H3,(H,13,17)(H,14,16)(H,15,18)/t8-/m0/s1. The van der Waals surface area contributed by atoms with Crippen LogP contribution in [0.25, 0.3) is 0 Å². The van der Waals surface area contributed by atoms with Crippen LogP contribution >= 0.6 is 22.6 Å². The fourth-order valence-electron chi connectivity index (χ4n) is 1.72. The molecule has 1 atom stereocenters. The van der Waals surface area contributed by atoms with E-state index >= 15 is 0 Å². The second kappa shape index (κ2) is 6.35. The van der Waals surface area contributed by atoms with Gasteiger partial charge in [-0.2, -0.15) is 0 Å². The lowest BCUT2D eigenvalue weighted by molar-refractivity contribution is -0.126. The fourth-order valence-corrected chi connectivity index (χ4v) is 2.29. The number of carbonyl (C=O) groups is 3. The summed E-state index contributed by atoms with van der Waals surface area (Å²) in [5.41, 5.74) is -0.281.